The van der Waals surface area contributed by atoms with Crippen LogP contribution < -0.4 is 10.1 Å². The van der Waals surface area contributed by atoms with Gasteiger partial charge in [0.1, 0.15) is 5.75 Å². The van der Waals surface area contributed by atoms with Crippen LogP contribution in [0.2, 0.25) is 0 Å². The zero-order valence-corrected chi connectivity index (χ0v) is 11.9. The van der Waals surface area contributed by atoms with Gasteiger partial charge in [0.15, 0.2) is 0 Å². The maximum atomic E-state index is 10.2. The third-order valence-corrected chi connectivity index (χ3v) is 4.22. The molecule has 2 atom stereocenters. The topological polar surface area (TPSA) is 41.5 Å². The Hall–Kier alpha value is -1.06. The molecule has 1 aromatic carbocycles. The van der Waals surface area contributed by atoms with E-state index in [1.807, 2.05) is 24.3 Å². The van der Waals surface area contributed by atoms with Gasteiger partial charge >= 0.3 is 0 Å². The van der Waals surface area contributed by atoms with E-state index in [-0.39, 0.29) is 0 Å². The summed E-state index contributed by atoms with van der Waals surface area (Å²) in [4.78, 5) is 0. The third kappa shape index (κ3) is 3.95. The van der Waals surface area contributed by atoms with Crippen molar-refractivity contribution in [1.29, 1.82) is 0 Å². The highest BCUT2D eigenvalue weighted by molar-refractivity contribution is 5.29. The van der Waals surface area contributed by atoms with E-state index in [9.17, 15) is 5.11 Å². The van der Waals surface area contributed by atoms with Gasteiger partial charge in [0.05, 0.1) is 13.2 Å². The summed E-state index contributed by atoms with van der Waals surface area (Å²) in [6, 6.07) is 8.13. The Morgan fingerprint density at radius 2 is 2.11 bits per heavy atom. The minimum atomic E-state index is -0.473. The summed E-state index contributed by atoms with van der Waals surface area (Å²) in [5.41, 5.74) is 0.908. The van der Waals surface area contributed by atoms with Gasteiger partial charge in [-0.3, -0.25) is 0 Å². The third-order valence-electron chi connectivity index (χ3n) is 4.22. The van der Waals surface area contributed by atoms with Crippen molar-refractivity contribution in [2.75, 3.05) is 13.7 Å². The molecule has 3 heteroatoms. The summed E-state index contributed by atoms with van der Waals surface area (Å²) >= 11 is 0. The predicted octanol–water partition coefficient (Wildman–Crippen LogP) is 2.90. The van der Waals surface area contributed by atoms with Gasteiger partial charge in [0, 0.05) is 12.6 Å². The maximum Gasteiger partial charge on any atom is 0.119 e. The van der Waals surface area contributed by atoms with Crippen LogP contribution in [0.5, 0.6) is 5.75 Å². The molecule has 2 unspecified atom stereocenters. The normalized spacial score (nSPS) is 19.3. The van der Waals surface area contributed by atoms with Crippen molar-refractivity contribution in [3.05, 3.63) is 29.8 Å². The summed E-state index contributed by atoms with van der Waals surface area (Å²) in [7, 11) is 1.64. The SMILES string of the molecule is COc1cccc(C(O)CNC(C)C2CCCC2)c1. The van der Waals surface area contributed by atoms with E-state index in [1.165, 1.54) is 25.7 Å². The lowest BCUT2D eigenvalue weighted by molar-refractivity contribution is 0.165. The van der Waals surface area contributed by atoms with Crippen LogP contribution in [0.25, 0.3) is 0 Å². The first-order valence-electron chi connectivity index (χ1n) is 7.26. The van der Waals surface area contributed by atoms with Crippen molar-refractivity contribution < 1.29 is 9.84 Å². The zero-order valence-electron chi connectivity index (χ0n) is 11.9. The zero-order chi connectivity index (χ0) is 13.7. The Kier molecular flexibility index (Phi) is 5.23. The van der Waals surface area contributed by atoms with E-state index in [0.29, 0.717) is 12.6 Å². The maximum absolute atomic E-state index is 10.2. The Bertz CT molecular complexity index is 388. The monoisotopic (exact) mass is 263 g/mol. The first-order valence-corrected chi connectivity index (χ1v) is 7.26. The van der Waals surface area contributed by atoms with Crippen LogP contribution in [0, 0.1) is 5.92 Å². The highest BCUT2D eigenvalue weighted by atomic mass is 16.5. The predicted molar refractivity (Wildman–Crippen MR) is 77.4 cm³/mol. The minimum Gasteiger partial charge on any atom is -0.497 e. The van der Waals surface area contributed by atoms with Crippen LogP contribution in [0.4, 0.5) is 0 Å². The van der Waals surface area contributed by atoms with Gasteiger partial charge in [-0.05, 0) is 43.4 Å². The standard InChI is InChI=1S/C16H25NO2/c1-12(13-6-3-4-7-13)17-11-16(18)14-8-5-9-15(10-14)19-2/h5,8-10,12-13,16-18H,3-4,6-7,11H2,1-2H3. The molecule has 1 aliphatic rings. The Morgan fingerprint density at radius 1 is 1.37 bits per heavy atom. The Morgan fingerprint density at radius 3 is 2.79 bits per heavy atom. The van der Waals surface area contributed by atoms with Crippen molar-refractivity contribution in [3.63, 3.8) is 0 Å². The van der Waals surface area contributed by atoms with Gasteiger partial charge < -0.3 is 15.2 Å². The van der Waals surface area contributed by atoms with Gasteiger partial charge in [-0.15, -0.1) is 0 Å². The molecule has 0 amide bonds. The fourth-order valence-electron chi connectivity index (χ4n) is 2.89. The second-order valence-electron chi connectivity index (χ2n) is 5.53. The second-order valence-corrected chi connectivity index (χ2v) is 5.53. The summed E-state index contributed by atoms with van der Waals surface area (Å²) in [5.74, 6) is 1.57. The number of benzene rings is 1. The van der Waals surface area contributed by atoms with E-state index in [4.69, 9.17) is 4.74 Å². The van der Waals surface area contributed by atoms with Crippen molar-refractivity contribution in [2.24, 2.45) is 5.92 Å². The summed E-state index contributed by atoms with van der Waals surface area (Å²) in [5, 5.41) is 13.7. The Labute approximate surface area is 116 Å². The minimum absolute atomic E-state index is 0.473. The smallest absolute Gasteiger partial charge is 0.119 e. The van der Waals surface area contributed by atoms with Crippen molar-refractivity contribution in [1.82, 2.24) is 5.32 Å². The number of hydrogen-bond donors (Lipinski definition) is 2. The van der Waals surface area contributed by atoms with Gasteiger partial charge in [-0.1, -0.05) is 25.0 Å². The first kappa shape index (κ1) is 14.4. The van der Waals surface area contributed by atoms with E-state index in [0.717, 1.165) is 17.2 Å². The van der Waals surface area contributed by atoms with Gasteiger partial charge in [-0.25, -0.2) is 0 Å². The number of hydrogen-bond acceptors (Lipinski definition) is 3. The van der Waals surface area contributed by atoms with Crippen molar-refractivity contribution >= 4 is 0 Å². The van der Waals surface area contributed by atoms with E-state index in [2.05, 4.69) is 12.2 Å². The Balaban J connectivity index is 1.84. The number of aliphatic hydroxyl groups is 1. The van der Waals surface area contributed by atoms with Crippen LogP contribution in [0.15, 0.2) is 24.3 Å². The second kappa shape index (κ2) is 6.92. The fraction of sp³-hybridized carbons (Fsp3) is 0.625. The largest absolute Gasteiger partial charge is 0.497 e. The molecule has 0 spiro atoms. The molecule has 0 radical (unpaired) electrons. The van der Waals surface area contributed by atoms with Crippen molar-refractivity contribution in [3.8, 4) is 5.75 Å². The number of methoxy groups -OCH3 is 1. The van der Waals surface area contributed by atoms with Gasteiger partial charge in [-0.2, -0.15) is 0 Å². The molecule has 19 heavy (non-hydrogen) atoms. The number of aliphatic hydroxyl groups excluding tert-OH is 1. The summed E-state index contributed by atoms with van der Waals surface area (Å²) < 4.78 is 5.18. The molecule has 0 bridgehead atoms. The molecule has 106 valence electrons. The molecule has 0 aromatic heterocycles. The highest BCUT2D eigenvalue weighted by Gasteiger charge is 2.21. The molecule has 1 fully saturated rings. The van der Waals surface area contributed by atoms with E-state index >= 15 is 0 Å². The lowest BCUT2D eigenvalue weighted by Crippen LogP contribution is -2.35. The van der Waals surface area contributed by atoms with Crippen LogP contribution in [0.1, 0.15) is 44.3 Å². The van der Waals surface area contributed by atoms with Crippen LogP contribution in [0.3, 0.4) is 0 Å². The number of nitrogens with one attached hydrogen (secondary N) is 1. The lowest BCUT2D eigenvalue weighted by Gasteiger charge is -2.22. The number of ether oxygens (including phenoxy) is 1. The average Bonchev–Trinajstić information content (AvgIpc) is 2.98. The molecule has 0 heterocycles. The van der Waals surface area contributed by atoms with E-state index in [1.54, 1.807) is 7.11 Å². The van der Waals surface area contributed by atoms with E-state index < -0.39 is 6.10 Å². The van der Waals surface area contributed by atoms with Crippen LogP contribution in [-0.4, -0.2) is 24.8 Å². The highest BCUT2D eigenvalue weighted by Crippen LogP contribution is 2.27. The number of rotatable bonds is 6. The van der Waals surface area contributed by atoms with Crippen LogP contribution in [-0.2, 0) is 0 Å². The molecule has 2 rings (SSSR count). The molecule has 3 nitrogen and oxygen atoms in total. The molecule has 1 saturated carbocycles. The summed E-state index contributed by atoms with van der Waals surface area (Å²) in [6.45, 7) is 2.83. The quantitative estimate of drug-likeness (QED) is 0.829. The molecule has 2 N–H and O–H groups in total. The molecule has 0 saturated heterocycles. The van der Waals surface area contributed by atoms with Gasteiger partial charge in [0.25, 0.3) is 0 Å². The molecular formula is C16H25NO2. The lowest BCUT2D eigenvalue weighted by atomic mass is 9.99. The fourth-order valence-corrected chi connectivity index (χ4v) is 2.89. The van der Waals surface area contributed by atoms with Gasteiger partial charge in [0.2, 0.25) is 0 Å². The first-order chi connectivity index (χ1) is 9.20. The summed E-state index contributed by atoms with van der Waals surface area (Å²) in [6.07, 6.45) is 4.89. The average molecular weight is 263 g/mol. The molecular weight excluding hydrogens is 238 g/mol. The molecule has 1 aliphatic carbocycles. The molecule has 1 aromatic rings. The van der Waals surface area contributed by atoms with Crippen molar-refractivity contribution in [2.45, 2.75) is 44.8 Å². The van der Waals surface area contributed by atoms with Crippen LogP contribution >= 0.6 is 0 Å². The molecule has 0 aliphatic heterocycles.